The number of rotatable bonds is 2. The second-order valence-corrected chi connectivity index (χ2v) is 6.00. The number of aromatic nitrogens is 2. The first-order chi connectivity index (χ1) is 7.78. The lowest BCUT2D eigenvalue weighted by Gasteiger charge is -2.62. The van der Waals surface area contributed by atoms with E-state index < -0.39 is 0 Å². The fourth-order valence-corrected chi connectivity index (χ4v) is 3.14. The number of nitrogens with one attached hydrogen (secondary N) is 2. The Morgan fingerprint density at radius 1 is 1.41 bits per heavy atom. The molecule has 1 aliphatic carbocycles. The second-order valence-electron chi connectivity index (χ2n) is 6.00. The molecule has 0 spiro atoms. The monoisotopic (exact) mass is 236 g/mol. The molecule has 2 rings (SSSR count). The summed E-state index contributed by atoms with van der Waals surface area (Å²) in [5, 5.41) is 9.47. The Labute approximate surface area is 101 Å². The van der Waals surface area contributed by atoms with Crippen molar-refractivity contribution in [3.63, 3.8) is 0 Å². The van der Waals surface area contributed by atoms with Crippen LogP contribution in [-0.2, 0) is 0 Å². The predicted molar refractivity (Wildman–Crippen MR) is 65.4 cm³/mol. The third-order valence-corrected chi connectivity index (χ3v) is 4.11. The Morgan fingerprint density at radius 2 is 2.00 bits per heavy atom. The molecule has 0 radical (unpaired) electrons. The number of nitrogens with zero attached hydrogens (tertiary/aromatic N) is 1. The van der Waals surface area contributed by atoms with Crippen LogP contribution in [0.4, 0.5) is 0 Å². The molecule has 1 fully saturated rings. The minimum atomic E-state index is -0.124. The molecule has 0 saturated heterocycles. The predicted octanol–water partition coefficient (Wildman–Crippen LogP) is 0.901. The maximum absolute atomic E-state index is 12.0. The van der Waals surface area contributed by atoms with Crippen LogP contribution < -0.4 is 11.1 Å². The summed E-state index contributed by atoms with van der Waals surface area (Å²) in [6, 6.07) is 1.82. The van der Waals surface area contributed by atoms with E-state index in [1.807, 2.05) is 0 Å². The maximum atomic E-state index is 12.0. The van der Waals surface area contributed by atoms with Crippen LogP contribution in [0, 0.1) is 10.8 Å². The highest BCUT2D eigenvalue weighted by atomic mass is 16.2. The first kappa shape index (κ1) is 12.1. The number of hydrogen-bond acceptors (Lipinski definition) is 3. The second kappa shape index (κ2) is 3.57. The van der Waals surface area contributed by atoms with Crippen LogP contribution in [0.15, 0.2) is 12.3 Å². The molecule has 1 aromatic heterocycles. The van der Waals surface area contributed by atoms with Gasteiger partial charge in [-0.3, -0.25) is 9.89 Å². The normalized spacial score (nSPS) is 29.5. The number of nitrogens with two attached hydrogens (primary N) is 1. The topological polar surface area (TPSA) is 83.8 Å². The SMILES string of the molecule is CC1(C)C(N)C(C)(C)C1NC(=O)c1ccn[nH]1. The van der Waals surface area contributed by atoms with Crippen molar-refractivity contribution in [3.05, 3.63) is 18.0 Å². The molecular weight excluding hydrogens is 216 g/mol. The first-order valence-corrected chi connectivity index (χ1v) is 5.83. The van der Waals surface area contributed by atoms with Crippen molar-refractivity contribution < 1.29 is 4.79 Å². The summed E-state index contributed by atoms with van der Waals surface area (Å²) in [4.78, 5) is 12.0. The van der Waals surface area contributed by atoms with E-state index in [1.165, 1.54) is 0 Å². The zero-order valence-electron chi connectivity index (χ0n) is 10.7. The highest BCUT2D eigenvalue weighted by Crippen LogP contribution is 2.52. The van der Waals surface area contributed by atoms with Gasteiger partial charge in [-0.2, -0.15) is 5.10 Å². The van der Waals surface area contributed by atoms with Crippen LogP contribution >= 0.6 is 0 Å². The molecule has 5 nitrogen and oxygen atoms in total. The standard InChI is InChI=1S/C12H20N4O/c1-11(2)9(13)12(3,4)10(11)15-8(17)7-5-6-14-16-7/h5-6,9-10H,13H2,1-4H3,(H,14,16)(H,15,17). The molecule has 0 unspecified atom stereocenters. The average Bonchev–Trinajstić information content (AvgIpc) is 2.77. The number of hydrogen-bond donors (Lipinski definition) is 3. The Balaban J connectivity index is 2.12. The number of aromatic amines is 1. The Hall–Kier alpha value is -1.36. The van der Waals surface area contributed by atoms with Gasteiger partial charge in [-0.05, 0) is 6.07 Å². The van der Waals surface area contributed by atoms with Gasteiger partial charge in [0.25, 0.3) is 5.91 Å². The summed E-state index contributed by atoms with van der Waals surface area (Å²) in [7, 11) is 0. The van der Waals surface area contributed by atoms with Gasteiger partial charge in [0, 0.05) is 29.1 Å². The van der Waals surface area contributed by atoms with E-state index in [9.17, 15) is 4.79 Å². The van der Waals surface area contributed by atoms with Gasteiger partial charge in [-0.15, -0.1) is 0 Å². The smallest absolute Gasteiger partial charge is 0.269 e. The third-order valence-electron chi connectivity index (χ3n) is 4.11. The maximum Gasteiger partial charge on any atom is 0.269 e. The molecule has 1 heterocycles. The molecular formula is C12H20N4O. The minimum Gasteiger partial charge on any atom is -0.347 e. The minimum absolute atomic E-state index is 0.0702. The van der Waals surface area contributed by atoms with Crippen molar-refractivity contribution in [3.8, 4) is 0 Å². The van der Waals surface area contributed by atoms with Crippen LogP contribution in [0.25, 0.3) is 0 Å². The summed E-state index contributed by atoms with van der Waals surface area (Å²) in [6.45, 7) is 8.34. The zero-order valence-corrected chi connectivity index (χ0v) is 10.7. The van der Waals surface area contributed by atoms with E-state index in [4.69, 9.17) is 5.73 Å². The lowest BCUT2D eigenvalue weighted by molar-refractivity contribution is -0.0664. The molecule has 1 amide bonds. The highest BCUT2D eigenvalue weighted by molar-refractivity contribution is 5.92. The van der Waals surface area contributed by atoms with Gasteiger partial charge in [0.05, 0.1) is 0 Å². The van der Waals surface area contributed by atoms with Gasteiger partial charge >= 0.3 is 0 Å². The fourth-order valence-electron chi connectivity index (χ4n) is 3.14. The van der Waals surface area contributed by atoms with Crippen LogP contribution in [-0.4, -0.2) is 28.2 Å². The lowest BCUT2D eigenvalue weighted by atomic mass is 9.48. The molecule has 1 aliphatic rings. The molecule has 0 bridgehead atoms. The third kappa shape index (κ3) is 1.65. The van der Waals surface area contributed by atoms with Crippen LogP contribution in [0.1, 0.15) is 38.2 Å². The van der Waals surface area contributed by atoms with Gasteiger partial charge in [0.15, 0.2) is 0 Å². The van der Waals surface area contributed by atoms with Crippen molar-refractivity contribution in [1.82, 2.24) is 15.5 Å². The number of carbonyl (C=O) groups is 1. The van der Waals surface area contributed by atoms with Gasteiger partial charge < -0.3 is 11.1 Å². The first-order valence-electron chi connectivity index (χ1n) is 5.83. The molecule has 5 heteroatoms. The van der Waals surface area contributed by atoms with Crippen LogP contribution in [0.2, 0.25) is 0 Å². The fraction of sp³-hybridized carbons (Fsp3) is 0.667. The summed E-state index contributed by atoms with van der Waals surface area (Å²) < 4.78 is 0. The molecule has 0 aromatic carbocycles. The Kier molecular flexibility index (Phi) is 2.54. The number of H-pyrrole nitrogens is 1. The molecule has 1 saturated carbocycles. The van der Waals surface area contributed by atoms with Gasteiger partial charge in [-0.25, -0.2) is 0 Å². The summed E-state index contributed by atoms with van der Waals surface area (Å²) >= 11 is 0. The summed E-state index contributed by atoms with van der Waals surface area (Å²) in [5.74, 6) is -0.124. The molecule has 0 aliphatic heterocycles. The summed E-state index contributed by atoms with van der Waals surface area (Å²) in [6.07, 6.45) is 1.57. The lowest BCUT2D eigenvalue weighted by Crippen LogP contribution is -2.76. The van der Waals surface area contributed by atoms with Gasteiger partial charge in [-0.1, -0.05) is 27.7 Å². The number of amides is 1. The van der Waals surface area contributed by atoms with Crippen LogP contribution in [0.3, 0.4) is 0 Å². The van der Waals surface area contributed by atoms with E-state index in [0.717, 1.165) is 0 Å². The molecule has 17 heavy (non-hydrogen) atoms. The Morgan fingerprint density at radius 3 is 2.47 bits per heavy atom. The van der Waals surface area contributed by atoms with Gasteiger partial charge in [0.1, 0.15) is 5.69 Å². The largest absolute Gasteiger partial charge is 0.347 e. The van der Waals surface area contributed by atoms with E-state index in [2.05, 4.69) is 43.2 Å². The molecule has 0 atom stereocenters. The van der Waals surface area contributed by atoms with Crippen molar-refractivity contribution in [2.24, 2.45) is 16.6 Å². The van der Waals surface area contributed by atoms with E-state index in [-0.39, 0.29) is 28.8 Å². The van der Waals surface area contributed by atoms with Crippen molar-refractivity contribution in [2.75, 3.05) is 0 Å². The van der Waals surface area contributed by atoms with Crippen LogP contribution in [0.5, 0.6) is 0 Å². The highest BCUT2D eigenvalue weighted by Gasteiger charge is 2.60. The summed E-state index contributed by atoms with van der Waals surface area (Å²) in [5.41, 5.74) is 6.46. The molecule has 94 valence electrons. The van der Waals surface area contributed by atoms with Crippen molar-refractivity contribution in [1.29, 1.82) is 0 Å². The van der Waals surface area contributed by atoms with Crippen molar-refractivity contribution >= 4 is 5.91 Å². The quantitative estimate of drug-likeness (QED) is 0.713. The molecule has 4 N–H and O–H groups in total. The van der Waals surface area contributed by atoms with E-state index in [0.29, 0.717) is 5.69 Å². The Bertz CT molecular complexity index is 406. The van der Waals surface area contributed by atoms with Gasteiger partial charge in [0.2, 0.25) is 0 Å². The van der Waals surface area contributed by atoms with E-state index in [1.54, 1.807) is 12.3 Å². The average molecular weight is 236 g/mol. The molecule has 1 aromatic rings. The van der Waals surface area contributed by atoms with E-state index >= 15 is 0 Å². The zero-order chi connectivity index (χ0) is 12.8. The number of carbonyl (C=O) groups excluding carboxylic acids is 1. The van der Waals surface area contributed by atoms with Crippen molar-refractivity contribution in [2.45, 2.75) is 39.8 Å².